The Balaban J connectivity index is 1.82. The summed E-state index contributed by atoms with van der Waals surface area (Å²) in [6, 6.07) is 26.1. The minimum absolute atomic E-state index is 0.0313. The summed E-state index contributed by atoms with van der Waals surface area (Å²) < 4.78 is 44.6. The van der Waals surface area contributed by atoms with Gasteiger partial charge in [0, 0.05) is 25.1 Å². The Labute approximate surface area is 272 Å². The first-order valence-electron chi connectivity index (χ1n) is 15.5. The first kappa shape index (κ1) is 34.4. The van der Waals surface area contributed by atoms with Crippen LogP contribution in [0.5, 0.6) is 0 Å². The van der Waals surface area contributed by atoms with Crippen molar-refractivity contribution >= 4 is 27.5 Å². The van der Waals surface area contributed by atoms with Gasteiger partial charge in [0.1, 0.15) is 18.4 Å². The van der Waals surface area contributed by atoms with Gasteiger partial charge in [-0.15, -0.1) is 0 Å². The number of benzene rings is 4. The highest BCUT2D eigenvalue weighted by atomic mass is 32.2. The molecule has 0 bridgehead atoms. The molecule has 4 aromatic carbocycles. The van der Waals surface area contributed by atoms with E-state index in [1.54, 1.807) is 42.5 Å². The van der Waals surface area contributed by atoms with Crippen molar-refractivity contribution in [3.8, 4) is 0 Å². The van der Waals surface area contributed by atoms with Gasteiger partial charge in [0.15, 0.2) is 0 Å². The molecular weight excluding hydrogens is 601 g/mol. The van der Waals surface area contributed by atoms with Crippen LogP contribution in [0.4, 0.5) is 10.1 Å². The molecule has 1 N–H and O–H groups in total. The zero-order valence-corrected chi connectivity index (χ0v) is 27.7. The fourth-order valence-corrected chi connectivity index (χ4v) is 6.73. The Hall–Kier alpha value is -4.50. The van der Waals surface area contributed by atoms with Crippen LogP contribution in [-0.2, 0) is 32.6 Å². The number of amides is 2. The van der Waals surface area contributed by atoms with Crippen molar-refractivity contribution in [1.29, 1.82) is 0 Å². The fraction of sp³-hybridized carbons (Fsp3) is 0.297. The van der Waals surface area contributed by atoms with E-state index < -0.39 is 34.3 Å². The summed E-state index contributed by atoms with van der Waals surface area (Å²) in [5.41, 5.74) is 3.89. The topological polar surface area (TPSA) is 86.8 Å². The number of aryl methyl sites for hydroxylation is 3. The van der Waals surface area contributed by atoms with E-state index in [4.69, 9.17) is 0 Å². The van der Waals surface area contributed by atoms with Crippen molar-refractivity contribution in [3.05, 3.63) is 131 Å². The molecule has 9 heteroatoms. The van der Waals surface area contributed by atoms with Gasteiger partial charge in [0.2, 0.25) is 11.8 Å². The van der Waals surface area contributed by atoms with Crippen molar-refractivity contribution in [2.45, 2.75) is 64.4 Å². The van der Waals surface area contributed by atoms with Crippen LogP contribution < -0.4 is 9.62 Å². The van der Waals surface area contributed by atoms with Crippen LogP contribution in [0.15, 0.2) is 102 Å². The molecule has 0 saturated heterocycles. The van der Waals surface area contributed by atoms with Crippen LogP contribution in [0.2, 0.25) is 0 Å². The smallest absolute Gasteiger partial charge is 0.264 e. The number of unbranched alkanes of at least 4 members (excludes halogenated alkanes) is 1. The van der Waals surface area contributed by atoms with Crippen molar-refractivity contribution in [1.82, 2.24) is 10.2 Å². The Morgan fingerprint density at radius 3 is 2.09 bits per heavy atom. The summed E-state index contributed by atoms with van der Waals surface area (Å²) in [7, 11) is -4.23. The largest absolute Gasteiger partial charge is 0.354 e. The summed E-state index contributed by atoms with van der Waals surface area (Å²) in [6.45, 7) is 7.18. The molecule has 4 aromatic rings. The highest BCUT2D eigenvalue weighted by Crippen LogP contribution is 2.27. The fourth-order valence-electron chi connectivity index (χ4n) is 5.33. The first-order valence-corrected chi connectivity index (χ1v) is 17.0. The molecule has 0 radical (unpaired) electrons. The lowest BCUT2D eigenvalue weighted by atomic mass is 10.0. The zero-order chi connectivity index (χ0) is 33.3. The summed E-state index contributed by atoms with van der Waals surface area (Å²) >= 11 is 0. The molecule has 242 valence electrons. The number of carbonyl (C=O) groups is 2. The predicted molar refractivity (Wildman–Crippen MR) is 180 cm³/mol. The van der Waals surface area contributed by atoms with Gasteiger partial charge in [-0.05, 0) is 74.2 Å². The molecule has 1 unspecified atom stereocenters. The SMILES string of the molecule is CCCCNC(=O)C(Cc1ccccc1)N(Cc1ccccc1F)C(=O)CN(c1cc(C)cc(C)c1)S(=O)(=O)c1ccc(C)cc1. The summed E-state index contributed by atoms with van der Waals surface area (Å²) in [5.74, 6) is -1.55. The number of rotatable bonds is 14. The number of sulfonamides is 1. The molecule has 0 aliphatic carbocycles. The molecule has 1 atom stereocenters. The molecule has 46 heavy (non-hydrogen) atoms. The van der Waals surface area contributed by atoms with Crippen LogP contribution in [-0.4, -0.2) is 44.3 Å². The number of anilines is 1. The van der Waals surface area contributed by atoms with Crippen molar-refractivity contribution in [2.24, 2.45) is 0 Å². The average Bonchev–Trinajstić information content (AvgIpc) is 3.02. The molecule has 0 fully saturated rings. The van der Waals surface area contributed by atoms with Crippen LogP contribution in [0.3, 0.4) is 0 Å². The lowest BCUT2D eigenvalue weighted by molar-refractivity contribution is -0.140. The predicted octanol–water partition coefficient (Wildman–Crippen LogP) is 6.50. The molecule has 0 spiro atoms. The lowest BCUT2D eigenvalue weighted by Crippen LogP contribution is -2.53. The number of halogens is 1. The van der Waals surface area contributed by atoms with Crippen LogP contribution in [0.25, 0.3) is 0 Å². The van der Waals surface area contributed by atoms with Crippen molar-refractivity contribution in [2.75, 3.05) is 17.4 Å². The van der Waals surface area contributed by atoms with Gasteiger partial charge in [-0.25, -0.2) is 12.8 Å². The minimum atomic E-state index is -4.23. The highest BCUT2D eigenvalue weighted by molar-refractivity contribution is 7.92. The van der Waals surface area contributed by atoms with E-state index in [1.807, 2.05) is 64.1 Å². The second kappa shape index (κ2) is 15.7. The minimum Gasteiger partial charge on any atom is -0.354 e. The molecule has 4 rings (SSSR count). The summed E-state index contributed by atoms with van der Waals surface area (Å²) in [4.78, 5) is 29.7. The van der Waals surface area contributed by atoms with Crippen molar-refractivity contribution < 1.29 is 22.4 Å². The van der Waals surface area contributed by atoms with Gasteiger partial charge in [-0.2, -0.15) is 0 Å². The van der Waals surface area contributed by atoms with E-state index in [1.165, 1.54) is 23.1 Å². The first-order chi connectivity index (χ1) is 22.0. The van der Waals surface area contributed by atoms with E-state index in [0.29, 0.717) is 12.2 Å². The monoisotopic (exact) mass is 643 g/mol. The number of nitrogens with zero attached hydrogens (tertiary/aromatic N) is 2. The molecule has 0 aliphatic heterocycles. The van der Waals surface area contributed by atoms with Gasteiger partial charge in [-0.3, -0.25) is 13.9 Å². The van der Waals surface area contributed by atoms with Gasteiger partial charge in [0.25, 0.3) is 10.0 Å². The summed E-state index contributed by atoms with van der Waals surface area (Å²) in [6.07, 6.45) is 1.77. The molecule has 2 amide bonds. The Morgan fingerprint density at radius 2 is 1.46 bits per heavy atom. The molecule has 0 aliphatic rings. The summed E-state index contributed by atoms with van der Waals surface area (Å²) in [5, 5.41) is 2.94. The Morgan fingerprint density at radius 1 is 0.826 bits per heavy atom. The molecule has 0 saturated carbocycles. The van der Waals surface area contributed by atoms with Crippen molar-refractivity contribution in [3.63, 3.8) is 0 Å². The Kier molecular flexibility index (Phi) is 11.7. The zero-order valence-electron chi connectivity index (χ0n) is 26.9. The maximum atomic E-state index is 15.1. The van der Waals surface area contributed by atoms with E-state index in [-0.39, 0.29) is 29.3 Å². The molecule has 0 heterocycles. The van der Waals surface area contributed by atoms with Crippen LogP contribution in [0, 0.1) is 26.6 Å². The van der Waals surface area contributed by atoms with E-state index in [2.05, 4.69) is 5.32 Å². The van der Waals surface area contributed by atoms with E-state index in [0.717, 1.165) is 39.4 Å². The lowest BCUT2D eigenvalue weighted by Gasteiger charge is -2.34. The number of carbonyl (C=O) groups excluding carboxylic acids is 2. The number of hydrogen-bond donors (Lipinski definition) is 1. The molecular formula is C37H42FN3O4S. The Bertz CT molecular complexity index is 1720. The third-order valence-corrected chi connectivity index (χ3v) is 9.57. The normalized spacial score (nSPS) is 11.9. The third-order valence-electron chi connectivity index (χ3n) is 7.78. The maximum Gasteiger partial charge on any atom is 0.264 e. The quantitative estimate of drug-likeness (QED) is 0.159. The standard InChI is InChI=1S/C37H42FN3O4S/c1-5-6-20-39-37(43)35(24-30-12-8-7-9-13-30)40(25-31-14-10-11-15-34(31)38)36(42)26-41(32-22-28(3)21-29(4)23-32)46(44,45)33-18-16-27(2)17-19-33/h7-19,21-23,35H,5-6,20,24-26H2,1-4H3,(H,39,43). The average molecular weight is 644 g/mol. The second-order valence-electron chi connectivity index (χ2n) is 11.6. The molecule has 7 nitrogen and oxygen atoms in total. The highest BCUT2D eigenvalue weighted by Gasteiger charge is 2.35. The van der Waals surface area contributed by atoms with Crippen LogP contribution in [0.1, 0.15) is 47.6 Å². The van der Waals surface area contributed by atoms with Crippen LogP contribution >= 0.6 is 0 Å². The van der Waals surface area contributed by atoms with Gasteiger partial charge in [-0.1, -0.05) is 85.6 Å². The van der Waals surface area contributed by atoms with E-state index in [9.17, 15) is 18.0 Å². The number of hydrogen-bond acceptors (Lipinski definition) is 4. The van der Waals surface area contributed by atoms with Gasteiger partial charge >= 0.3 is 0 Å². The maximum absolute atomic E-state index is 15.1. The number of nitrogens with one attached hydrogen (secondary N) is 1. The second-order valence-corrected chi connectivity index (χ2v) is 13.5. The van der Waals surface area contributed by atoms with Gasteiger partial charge in [0.05, 0.1) is 10.6 Å². The van der Waals surface area contributed by atoms with E-state index >= 15 is 4.39 Å². The molecule has 0 aromatic heterocycles. The third kappa shape index (κ3) is 8.81. The van der Waals surface area contributed by atoms with Gasteiger partial charge < -0.3 is 10.2 Å².